The Balaban J connectivity index is 1.49. The van der Waals surface area contributed by atoms with Crippen LogP contribution < -0.4 is 11.2 Å². The predicted molar refractivity (Wildman–Crippen MR) is 114 cm³/mol. The molecular formula is C20H22ClN7O3. The maximum absolute atomic E-state index is 12.9. The van der Waals surface area contributed by atoms with Gasteiger partial charge in [-0.05, 0) is 36.6 Å². The van der Waals surface area contributed by atoms with Crippen molar-refractivity contribution in [2.45, 2.75) is 52.1 Å². The van der Waals surface area contributed by atoms with Crippen LogP contribution in [0.4, 0.5) is 0 Å². The standard InChI is InChI=1S/C20H22ClN7O3/c1-2-3-10-27-17-16(24-19(21)25-17)18(29)28(20(27)30)11-6-8-15-23-14(26-31-15)12-13-7-4-5-9-22-13/h4-5,7,9H,2-3,6,8,10-12H2,1H3,(H,24,25). The average Bonchev–Trinajstić information content (AvgIpc) is 3.37. The molecule has 4 aromatic heterocycles. The zero-order valence-electron chi connectivity index (χ0n) is 17.0. The second-order valence-corrected chi connectivity index (χ2v) is 7.53. The Hall–Kier alpha value is -3.27. The monoisotopic (exact) mass is 443 g/mol. The van der Waals surface area contributed by atoms with E-state index < -0.39 is 11.2 Å². The number of hydrogen-bond donors (Lipinski definition) is 1. The number of nitrogens with zero attached hydrogens (tertiary/aromatic N) is 6. The minimum absolute atomic E-state index is 0.0841. The highest BCUT2D eigenvalue weighted by Gasteiger charge is 2.17. The fourth-order valence-electron chi connectivity index (χ4n) is 3.37. The van der Waals surface area contributed by atoms with Crippen molar-refractivity contribution in [2.24, 2.45) is 0 Å². The lowest BCUT2D eigenvalue weighted by molar-refractivity contribution is 0.367. The van der Waals surface area contributed by atoms with Gasteiger partial charge in [-0.25, -0.2) is 4.79 Å². The SMILES string of the molecule is CCCCn1c(=O)n(CCCc2nc(Cc3ccccn3)no2)c(=O)c2[nH]c(Cl)nc21. The van der Waals surface area contributed by atoms with Crippen LogP contribution in [-0.2, 0) is 25.9 Å². The van der Waals surface area contributed by atoms with Crippen molar-refractivity contribution >= 4 is 22.8 Å². The number of aromatic amines is 1. The van der Waals surface area contributed by atoms with Crippen LogP contribution in [0.25, 0.3) is 11.2 Å². The molecule has 4 rings (SSSR count). The Morgan fingerprint density at radius 1 is 1.13 bits per heavy atom. The van der Waals surface area contributed by atoms with Crippen molar-refractivity contribution in [1.82, 2.24) is 34.2 Å². The van der Waals surface area contributed by atoms with Gasteiger partial charge in [0.25, 0.3) is 5.56 Å². The molecule has 0 saturated carbocycles. The van der Waals surface area contributed by atoms with Crippen LogP contribution in [0, 0.1) is 0 Å². The number of aromatic nitrogens is 7. The molecule has 0 aliphatic heterocycles. The smallest absolute Gasteiger partial charge is 0.332 e. The topological polar surface area (TPSA) is 124 Å². The van der Waals surface area contributed by atoms with E-state index in [4.69, 9.17) is 16.1 Å². The van der Waals surface area contributed by atoms with Gasteiger partial charge in [0, 0.05) is 31.4 Å². The Morgan fingerprint density at radius 3 is 2.74 bits per heavy atom. The van der Waals surface area contributed by atoms with Crippen molar-refractivity contribution in [3.63, 3.8) is 0 Å². The molecule has 0 spiro atoms. The Labute approximate surface area is 181 Å². The number of unbranched alkanes of at least 4 members (excludes halogenated alkanes) is 1. The molecule has 0 bridgehead atoms. The number of imidazole rings is 1. The van der Waals surface area contributed by atoms with E-state index in [9.17, 15) is 9.59 Å². The molecule has 0 fully saturated rings. The van der Waals surface area contributed by atoms with Crippen LogP contribution >= 0.6 is 11.6 Å². The maximum Gasteiger partial charge on any atom is 0.332 e. The van der Waals surface area contributed by atoms with E-state index in [-0.39, 0.29) is 17.3 Å². The lowest BCUT2D eigenvalue weighted by atomic mass is 10.2. The summed E-state index contributed by atoms with van der Waals surface area (Å²) < 4.78 is 8.00. The summed E-state index contributed by atoms with van der Waals surface area (Å²) in [4.78, 5) is 41.2. The van der Waals surface area contributed by atoms with E-state index in [1.807, 2.05) is 25.1 Å². The summed E-state index contributed by atoms with van der Waals surface area (Å²) in [6, 6.07) is 5.64. The summed E-state index contributed by atoms with van der Waals surface area (Å²) >= 11 is 5.95. The first-order chi connectivity index (χ1) is 15.1. The Kier molecular flexibility index (Phi) is 6.26. The van der Waals surface area contributed by atoms with Crippen LogP contribution in [0.1, 0.15) is 43.6 Å². The normalized spacial score (nSPS) is 11.4. The number of fused-ring (bicyclic) bond motifs is 1. The molecule has 0 radical (unpaired) electrons. The first-order valence-corrected chi connectivity index (χ1v) is 10.5. The summed E-state index contributed by atoms with van der Waals surface area (Å²) in [5.41, 5.74) is 0.543. The predicted octanol–water partition coefficient (Wildman–Crippen LogP) is 2.34. The molecule has 11 heteroatoms. The first-order valence-electron chi connectivity index (χ1n) is 10.2. The van der Waals surface area contributed by atoms with Gasteiger partial charge >= 0.3 is 5.69 Å². The fraction of sp³-hybridized carbons (Fsp3) is 0.400. The highest BCUT2D eigenvalue weighted by molar-refractivity contribution is 6.28. The van der Waals surface area contributed by atoms with Gasteiger partial charge in [-0.2, -0.15) is 9.97 Å². The van der Waals surface area contributed by atoms with E-state index in [0.717, 1.165) is 18.5 Å². The summed E-state index contributed by atoms with van der Waals surface area (Å²) in [5, 5.41) is 4.06. The van der Waals surface area contributed by atoms with Crippen LogP contribution in [-0.4, -0.2) is 34.2 Å². The minimum Gasteiger partial charge on any atom is -0.339 e. The van der Waals surface area contributed by atoms with Gasteiger partial charge < -0.3 is 9.51 Å². The molecule has 162 valence electrons. The summed E-state index contributed by atoms with van der Waals surface area (Å²) in [6.45, 7) is 2.71. The summed E-state index contributed by atoms with van der Waals surface area (Å²) in [5.74, 6) is 0.997. The number of rotatable bonds is 9. The first kappa shape index (κ1) is 21.0. The second-order valence-electron chi connectivity index (χ2n) is 7.18. The molecule has 10 nitrogen and oxygen atoms in total. The molecule has 4 heterocycles. The van der Waals surface area contributed by atoms with Gasteiger partial charge in [-0.3, -0.25) is 18.9 Å². The molecule has 4 aromatic rings. The molecule has 0 saturated heterocycles. The number of nitrogens with one attached hydrogen (secondary N) is 1. The fourth-order valence-corrected chi connectivity index (χ4v) is 3.54. The molecule has 0 aliphatic rings. The van der Waals surface area contributed by atoms with Crippen LogP contribution in [0.5, 0.6) is 0 Å². The zero-order valence-corrected chi connectivity index (χ0v) is 17.8. The van der Waals surface area contributed by atoms with Gasteiger partial charge in [-0.15, -0.1) is 0 Å². The van der Waals surface area contributed by atoms with Crippen molar-refractivity contribution in [1.29, 1.82) is 0 Å². The van der Waals surface area contributed by atoms with Crippen molar-refractivity contribution < 1.29 is 4.52 Å². The zero-order chi connectivity index (χ0) is 21.8. The van der Waals surface area contributed by atoms with Gasteiger partial charge in [-0.1, -0.05) is 24.6 Å². The van der Waals surface area contributed by atoms with E-state index in [0.29, 0.717) is 43.2 Å². The average molecular weight is 444 g/mol. The van der Waals surface area contributed by atoms with E-state index >= 15 is 0 Å². The quantitative estimate of drug-likeness (QED) is 0.393. The number of pyridine rings is 1. The molecular weight excluding hydrogens is 422 g/mol. The third-order valence-corrected chi connectivity index (χ3v) is 5.09. The molecule has 0 aliphatic carbocycles. The highest BCUT2D eigenvalue weighted by Crippen LogP contribution is 2.11. The number of aryl methyl sites for hydroxylation is 2. The van der Waals surface area contributed by atoms with Crippen molar-refractivity contribution in [3.8, 4) is 0 Å². The summed E-state index contributed by atoms with van der Waals surface area (Å²) in [6.07, 6.45) is 4.81. The van der Waals surface area contributed by atoms with Gasteiger partial charge in [0.15, 0.2) is 17.0 Å². The molecule has 1 N–H and O–H groups in total. The Morgan fingerprint density at radius 2 is 1.97 bits per heavy atom. The number of H-pyrrole nitrogens is 1. The van der Waals surface area contributed by atoms with Gasteiger partial charge in [0.05, 0.1) is 6.42 Å². The Bertz CT molecular complexity index is 1290. The lowest BCUT2D eigenvalue weighted by Gasteiger charge is -2.10. The molecule has 31 heavy (non-hydrogen) atoms. The molecule has 0 unspecified atom stereocenters. The van der Waals surface area contributed by atoms with Gasteiger partial charge in [0.1, 0.15) is 0 Å². The van der Waals surface area contributed by atoms with Crippen LogP contribution in [0.2, 0.25) is 5.28 Å². The minimum atomic E-state index is -0.437. The van der Waals surface area contributed by atoms with E-state index in [1.54, 1.807) is 6.20 Å². The molecule has 0 amide bonds. The van der Waals surface area contributed by atoms with E-state index in [2.05, 4.69) is 25.1 Å². The van der Waals surface area contributed by atoms with Crippen LogP contribution in [0.15, 0.2) is 38.5 Å². The third kappa shape index (κ3) is 4.58. The molecule has 0 aromatic carbocycles. The largest absolute Gasteiger partial charge is 0.339 e. The van der Waals surface area contributed by atoms with E-state index in [1.165, 1.54) is 9.13 Å². The molecule has 0 atom stereocenters. The summed E-state index contributed by atoms with van der Waals surface area (Å²) in [7, 11) is 0. The third-order valence-electron chi connectivity index (χ3n) is 4.92. The van der Waals surface area contributed by atoms with Crippen molar-refractivity contribution in [3.05, 3.63) is 67.9 Å². The maximum atomic E-state index is 12.9. The van der Waals surface area contributed by atoms with Crippen molar-refractivity contribution in [2.75, 3.05) is 0 Å². The highest BCUT2D eigenvalue weighted by atomic mass is 35.5. The van der Waals surface area contributed by atoms with Crippen LogP contribution in [0.3, 0.4) is 0 Å². The number of halogens is 1. The second kappa shape index (κ2) is 9.25. The van der Waals surface area contributed by atoms with Gasteiger partial charge in [0.2, 0.25) is 11.2 Å². The lowest BCUT2D eigenvalue weighted by Crippen LogP contribution is -2.40. The number of hydrogen-bond acceptors (Lipinski definition) is 7.